The second kappa shape index (κ2) is 5.53. The van der Waals surface area contributed by atoms with Crippen molar-refractivity contribution in [1.82, 2.24) is 0 Å². The van der Waals surface area contributed by atoms with Gasteiger partial charge in [-0.3, -0.25) is 4.79 Å². The third-order valence-corrected chi connectivity index (χ3v) is 2.25. The van der Waals surface area contributed by atoms with E-state index in [4.69, 9.17) is 11.5 Å². The van der Waals surface area contributed by atoms with Gasteiger partial charge in [0.25, 0.3) is 0 Å². The van der Waals surface area contributed by atoms with Crippen molar-refractivity contribution in [3.63, 3.8) is 0 Å². The fourth-order valence-corrected chi connectivity index (χ4v) is 1.35. The predicted molar refractivity (Wildman–Crippen MR) is 64.5 cm³/mol. The molecule has 17 heavy (non-hydrogen) atoms. The van der Waals surface area contributed by atoms with Crippen molar-refractivity contribution in [2.45, 2.75) is 6.42 Å². The summed E-state index contributed by atoms with van der Waals surface area (Å²) in [6.07, 6.45) is 0.0259. The lowest BCUT2D eigenvalue weighted by atomic mass is 10.1. The van der Waals surface area contributed by atoms with Gasteiger partial charge in [0.05, 0.1) is 5.69 Å². The van der Waals surface area contributed by atoms with Crippen LogP contribution in [-0.4, -0.2) is 17.4 Å². The van der Waals surface area contributed by atoms with E-state index in [9.17, 15) is 13.6 Å². The van der Waals surface area contributed by atoms with E-state index in [1.54, 1.807) is 0 Å². The Hall–Kier alpha value is -1.76. The first-order valence-electron chi connectivity index (χ1n) is 4.73. The molecule has 1 aromatic rings. The number of primary amides is 1. The van der Waals surface area contributed by atoms with Crippen LogP contribution >= 0.6 is 12.2 Å². The fourth-order valence-electron chi connectivity index (χ4n) is 1.20. The Morgan fingerprint density at radius 2 is 1.94 bits per heavy atom. The molecule has 0 radical (unpaired) electrons. The van der Waals surface area contributed by atoms with Crippen LogP contribution in [0.4, 0.5) is 14.5 Å². The van der Waals surface area contributed by atoms with Gasteiger partial charge in [0.15, 0.2) is 11.6 Å². The summed E-state index contributed by atoms with van der Waals surface area (Å²) in [6.45, 7) is 0.123. The van der Waals surface area contributed by atoms with Crippen molar-refractivity contribution in [3.05, 3.63) is 29.3 Å². The van der Waals surface area contributed by atoms with Gasteiger partial charge in [-0.25, -0.2) is 8.78 Å². The Kier molecular flexibility index (Phi) is 4.33. The Bertz CT molecular complexity index is 465. The number of nitrogens with two attached hydrogens (primary N) is 2. The smallest absolute Gasteiger partial charge is 0.219 e. The third kappa shape index (κ3) is 3.35. The summed E-state index contributed by atoms with van der Waals surface area (Å²) >= 11 is 4.56. The van der Waals surface area contributed by atoms with Crippen LogP contribution in [0.2, 0.25) is 0 Å². The van der Waals surface area contributed by atoms with Gasteiger partial charge in [-0.2, -0.15) is 0 Å². The fraction of sp³-hybridized carbons (Fsp3) is 0.200. The van der Waals surface area contributed by atoms with E-state index in [1.165, 1.54) is 12.1 Å². The van der Waals surface area contributed by atoms with Gasteiger partial charge in [0.2, 0.25) is 5.91 Å². The number of carbonyl (C=O) groups excluding carboxylic acids is 1. The van der Waals surface area contributed by atoms with Crippen LogP contribution in [0.3, 0.4) is 0 Å². The molecule has 0 heterocycles. The first-order valence-corrected chi connectivity index (χ1v) is 5.14. The minimum atomic E-state index is -1.11. The molecule has 4 nitrogen and oxygen atoms in total. The topological polar surface area (TPSA) is 81.1 Å². The minimum Gasteiger partial charge on any atom is -0.389 e. The van der Waals surface area contributed by atoms with E-state index in [0.717, 1.165) is 0 Å². The third-order valence-electron chi connectivity index (χ3n) is 2.03. The van der Waals surface area contributed by atoms with Crippen molar-refractivity contribution in [2.75, 3.05) is 11.9 Å². The first-order chi connectivity index (χ1) is 7.93. The number of amides is 1. The van der Waals surface area contributed by atoms with Crippen LogP contribution < -0.4 is 16.8 Å². The molecule has 0 saturated carbocycles. The second-order valence-corrected chi connectivity index (χ2v) is 3.74. The number of hydrogen-bond acceptors (Lipinski definition) is 3. The molecule has 0 unspecified atom stereocenters. The summed E-state index contributed by atoms with van der Waals surface area (Å²) in [6, 6.07) is 2.57. The summed E-state index contributed by atoms with van der Waals surface area (Å²) in [5, 5.41) is 2.55. The molecule has 0 aliphatic rings. The average molecular weight is 259 g/mol. The van der Waals surface area contributed by atoms with Crippen LogP contribution in [0.5, 0.6) is 0 Å². The van der Waals surface area contributed by atoms with E-state index in [1.807, 2.05) is 0 Å². The summed E-state index contributed by atoms with van der Waals surface area (Å²) < 4.78 is 26.9. The van der Waals surface area contributed by atoms with Crippen LogP contribution in [0.15, 0.2) is 12.1 Å². The van der Waals surface area contributed by atoms with Gasteiger partial charge < -0.3 is 16.8 Å². The molecule has 92 valence electrons. The maximum atomic E-state index is 13.5. The molecule has 0 aliphatic carbocycles. The number of anilines is 1. The van der Waals surface area contributed by atoms with Gasteiger partial charge in [-0.1, -0.05) is 12.2 Å². The highest BCUT2D eigenvalue weighted by Gasteiger charge is 2.14. The summed E-state index contributed by atoms with van der Waals surface area (Å²) in [5.41, 5.74) is 9.90. The molecule has 7 heteroatoms. The number of carbonyl (C=O) groups is 1. The van der Waals surface area contributed by atoms with Gasteiger partial charge in [0.1, 0.15) is 4.99 Å². The highest BCUT2D eigenvalue weighted by molar-refractivity contribution is 7.80. The zero-order valence-electron chi connectivity index (χ0n) is 8.80. The van der Waals surface area contributed by atoms with Crippen molar-refractivity contribution in [3.8, 4) is 0 Å². The van der Waals surface area contributed by atoms with E-state index < -0.39 is 17.5 Å². The molecular weight excluding hydrogens is 248 g/mol. The Balaban J connectivity index is 2.85. The minimum absolute atomic E-state index is 0.0259. The lowest BCUT2D eigenvalue weighted by Gasteiger charge is -2.09. The van der Waals surface area contributed by atoms with Gasteiger partial charge in [-0.15, -0.1) is 0 Å². The lowest BCUT2D eigenvalue weighted by Crippen LogP contribution is -2.17. The molecule has 0 atom stereocenters. The maximum absolute atomic E-state index is 13.5. The molecule has 0 fully saturated rings. The number of benzene rings is 1. The number of rotatable bonds is 5. The van der Waals surface area contributed by atoms with Gasteiger partial charge in [0, 0.05) is 18.5 Å². The lowest BCUT2D eigenvalue weighted by molar-refractivity contribution is -0.117. The van der Waals surface area contributed by atoms with Crippen molar-refractivity contribution < 1.29 is 13.6 Å². The largest absolute Gasteiger partial charge is 0.389 e. The number of hydrogen-bond donors (Lipinski definition) is 3. The van der Waals surface area contributed by atoms with E-state index in [0.29, 0.717) is 0 Å². The molecule has 1 aromatic carbocycles. The molecule has 1 rings (SSSR count). The van der Waals surface area contributed by atoms with Crippen LogP contribution in [-0.2, 0) is 4.79 Å². The molecule has 5 N–H and O–H groups in total. The molecule has 0 aliphatic heterocycles. The molecule has 0 spiro atoms. The summed E-state index contributed by atoms with van der Waals surface area (Å²) in [4.78, 5) is 10.2. The average Bonchev–Trinajstić information content (AvgIpc) is 2.23. The number of nitrogens with one attached hydrogen (secondary N) is 1. The predicted octanol–water partition coefficient (Wildman–Crippen LogP) is 0.886. The molecule has 1 amide bonds. The molecule has 0 saturated heterocycles. The maximum Gasteiger partial charge on any atom is 0.219 e. The zero-order chi connectivity index (χ0) is 13.0. The van der Waals surface area contributed by atoms with Crippen LogP contribution in [0.25, 0.3) is 0 Å². The Morgan fingerprint density at radius 1 is 1.29 bits per heavy atom. The number of thiocarbonyl (C=S) groups is 1. The molecule has 0 bridgehead atoms. The van der Waals surface area contributed by atoms with Crippen LogP contribution in [0.1, 0.15) is 12.0 Å². The van der Waals surface area contributed by atoms with Gasteiger partial charge >= 0.3 is 0 Å². The van der Waals surface area contributed by atoms with Gasteiger partial charge in [-0.05, 0) is 12.1 Å². The monoisotopic (exact) mass is 259 g/mol. The Labute approximate surface area is 102 Å². The second-order valence-electron chi connectivity index (χ2n) is 3.30. The van der Waals surface area contributed by atoms with Crippen molar-refractivity contribution in [2.24, 2.45) is 11.5 Å². The zero-order valence-corrected chi connectivity index (χ0v) is 9.61. The molecule has 0 aromatic heterocycles. The van der Waals surface area contributed by atoms with Crippen molar-refractivity contribution >= 4 is 28.8 Å². The SMILES string of the molecule is NC(=O)CCNc1ccc(C(N)=S)c(F)c1F. The normalized spacial score (nSPS) is 10.0. The van der Waals surface area contributed by atoms with E-state index in [2.05, 4.69) is 17.5 Å². The Morgan fingerprint density at radius 3 is 2.47 bits per heavy atom. The molecular formula is C10H11F2N3OS. The van der Waals surface area contributed by atoms with E-state index >= 15 is 0 Å². The number of halogens is 2. The highest BCUT2D eigenvalue weighted by atomic mass is 32.1. The summed E-state index contributed by atoms with van der Waals surface area (Å²) in [5.74, 6) is -2.72. The van der Waals surface area contributed by atoms with Crippen LogP contribution in [0, 0.1) is 11.6 Å². The first kappa shape index (κ1) is 13.3. The van der Waals surface area contributed by atoms with E-state index in [-0.39, 0.29) is 29.2 Å². The standard InChI is InChI=1S/C10H11F2N3OS/c11-8-5(10(14)17)1-2-6(9(8)12)15-4-3-7(13)16/h1-2,15H,3-4H2,(H2,13,16)(H2,14,17). The quantitative estimate of drug-likeness (QED) is 0.686. The van der Waals surface area contributed by atoms with Crippen molar-refractivity contribution in [1.29, 1.82) is 0 Å². The highest BCUT2D eigenvalue weighted by Crippen LogP contribution is 2.20. The summed E-state index contributed by atoms with van der Waals surface area (Å²) in [7, 11) is 0.